The topological polar surface area (TPSA) is 32.3 Å². The van der Waals surface area contributed by atoms with Crippen molar-refractivity contribution in [1.29, 1.82) is 0 Å². The zero-order valence-electron chi connectivity index (χ0n) is 10.2. The molecule has 3 nitrogen and oxygen atoms in total. The van der Waals surface area contributed by atoms with Crippen molar-refractivity contribution < 1.29 is 4.79 Å². The molecular formula is C13H20N2O. The largest absolute Gasteiger partial charge is 0.338 e. The molecule has 1 aromatic carbocycles. The summed E-state index contributed by atoms with van der Waals surface area (Å²) in [5.74, 6) is 0.613. The molecule has 0 atom stereocenters. The van der Waals surface area contributed by atoms with Crippen LogP contribution in [0.3, 0.4) is 0 Å². The summed E-state index contributed by atoms with van der Waals surface area (Å²) in [5, 5.41) is 2.90. The molecule has 0 radical (unpaired) electrons. The average Bonchev–Trinajstić information content (AvgIpc) is 2.28. The number of anilines is 1. The van der Waals surface area contributed by atoms with Crippen molar-refractivity contribution in [3.8, 4) is 0 Å². The third kappa shape index (κ3) is 3.93. The quantitative estimate of drug-likeness (QED) is 0.831. The minimum Gasteiger partial charge on any atom is -0.338 e. The highest BCUT2D eigenvalue weighted by Gasteiger charge is 2.09. The van der Waals surface area contributed by atoms with Crippen molar-refractivity contribution in [3.05, 3.63) is 30.3 Å². The van der Waals surface area contributed by atoms with Gasteiger partial charge in [0.1, 0.15) is 0 Å². The molecule has 2 amide bonds. The minimum absolute atomic E-state index is 0.0492. The van der Waals surface area contributed by atoms with Crippen LogP contribution >= 0.6 is 0 Å². The lowest BCUT2D eigenvalue weighted by Crippen LogP contribution is -2.38. The van der Waals surface area contributed by atoms with Gasteiger partial charge in [-0.2, -0.15) is 0 Å². The molecule has 0 fully saturated rings. The highest BCUT2D eigenvalue weighted by Crippen LogP contribution is 2.10. The second-order valence-electron chi connectivity index (χ2n) is 4.31. The number of carbonyl (C=O) groups is 1. The lowest BCUT2D eigenvalue weighted by Gasteiger charge is -2.18. The van der Waals surface area contributed by atoms with Gasteiger partial charge in [0.15, 0.2) is 0 Å². The van der Waals surface area contributed by atoms with E-state index < -0.39 is 0 Å². The Morgan fingerprint density at radius 1 is 1.31 bits per heavy atom. The molecule has 3 heteroatoms. The lowest BCUT2D eigenvalue weighted by molar-refractivity contribution is 0.247. The van der Waals surface area contributed by atoms with Crippen LogP contribution in [0.25, 0.3) is 0 Å². The van der Waals surface area contributed by atoms with Gasteiger partial charge < -0.3 is 5.32 Å². The van der Waals surface area contributed by atoms with Crippen molar-refractivity contribution in [2.24, 2.45) is 5.92 Å². The molecule has 1 rings (SSSR count). The van der Waals surface area contributed by atoms with Gasteiger partial charge in [-0.15, -0.1) is 0 Å². The molecule has 0 bridgehead atoms. The van der Waals surface area contributed by atoms with Crippen LogP contribution in [-0.2, 0) is 0 Å². The number of nitrogens with zero attached hydrogens (tertiary/aromatic N) is 1. The third-order valence-electron chi connectivity index (χ3n) is 2.45. The fourth-order valence-corrected chi connectivity index (χ4v) is 1.36. The molecule has 1 N–H and O–H groups in total. The van der Waals surface area contributed by atoms with Crippen LogP contribution in [0.1, 0.15) is 20.3 Å². The van der Waals surface area contributed by atoms with Gasteiger partial charge >= 0.3 is 6.03 Å². The molecule has 0 aliphatic carbocycles. The van der Waals surface area contributed by atoms with Crippen LogP contribution in [0.2, 0.25) is 0 Å². The van der Waals surface area contributed by atoms with Crippen molar-refractivity contribution in [2.45, 2.75) is 20.3 Å². The summed E-state index contributed by atoms with van der Waals surface area (Å²) in [7, 11) is 1.78. The average molecular weight is 220 g/mol. The number of para-hydroxylation sites is 1. The van der Waals surface area contributed by atoms with Gasteiger partial charge in [-0.3, -0.25) is 4.90 Å². The lowest BCUT2D eigenvalue weighted by atomic mass is 10.1. The monoisotopic (exact) mass is 220 g/mol. The van der Waals surface area contributed by atoms with Crippen molar-refractivity contribution in [1.82, 2.24) is 5.32 Å². The zero-order valence-corrected chi connectivity index (χ0v) is 10.2. The van der Waals surface area contributed by atoms with Gasteiger partial charge in [0.25, 0.3) is 0 Å². The molecule has 0 spiro atoms. The van der Waals surface area contributed by atoms with Crippen LogP contribution in [-0.4, -0.2) is 19.6 Å². The standard InChI is InChI=1S/C13H20N2O/c1-11(2)9-10-14-13(16)15(3)12-7-5-4-6-8-12/h4-8,11H,9-10H2,1-3H3,(H,14,16). The molecule has 88 valence electrons. The number of rotatable bonds is 4. The molecule has 0 heterocycles. The van der Waals surface area contributed by atoms with Crippen LogP contribution in [0.5, 0.6) is 0 Å². The first kappa shape index (κ1) is 12.6. The van der Waals surface area contributed by atoms with E-state index in [1.165, 1.54) is 0 Å². The van der Waals surface area contributed by atoms with Crippen LogP contribution < -0.4 is 10.2 Å². The molecule has 0 aliphatic heterocycles. The maximum Gasteiger partial charge on any atom is 0.321 e. The normalized spacial score (nSPS) is 10.2. The number of benzene rings is 1. The predicted octanol–water partition coefficient (Wildman–Crippen LogP) is 2.88. The first-order valence-electron chi connectivity index (χ1n) is 5.68. The molecule has 0 aromatic heterocycles. The van der Waals surface area contributed by atoms with Gasteiger partial charge in [0.2, 0.25) is 0 Å². The second kappa shape index (κ2) is 6.16. The van der Waals surface area contributed by atoms with Gasteiger partial charge in [-0.05, 0) is 24.5 Å². The Balaban J connectivity index is 2.43. The Labute approximate surface area is 97.5 Å². The van der Waals surface area contributed by atoms with Crippen molar-refractivity contribution in [3.63, 3.8) is 0 Å². The summed E-state index contributed by atoms with van der Waals surface area (Å²) in [6.45, 7) is 5.02. The van der Waals surface area contributed by atoms with E-state index in [1.807, 2.05) is 30.3 Å². The zero-order chi connectivity index (χ0) is 12.0. The van der Waals surface area contributed by atoms with Crippen LogP contribution in [0, 0.1) is 5.92 Å². The van der Waals surface area contributed by atoms with E-state index in [0.717, 1.165) is 18.7 Å². The highest BCUT2D eigenvalue weighted by atomic mass is 16.2. The van der Waals surface area contributed by atoms with Crippen LogP contribution in [0.15, 0.2) is 30.3 Å². The minimum atomic E-state index is -0.0492. The molecule has 0 unspecified atom stereocenters. The summed E-state index contributed by atoms with van der Waals surface area (Å²) in [6, 6.07) is 9.57. The van der Waals surface area contributed by atoms with Crippen molar-refractivity contribution in [2.75, 3.05) is 18.5 Å². The molecule has 1 aromatic rings. The number of hydrogen-bond donors (Lipinski definition) is 1. The summed E-state index contributed by atoms with van der Waals surface area (Å²) in [4.78, 5) is 13.4. The molecule has 16 heavy (non-hydrogen) atoms. The maximum absolute atomic E-state index is 11.7. The Kier molecular flexibility index (Phi) is 4.83. The fraction of sp³-hybridized carbons (Fsp3) is 0.462. The summed E-state index contributed by atoms with van der Waals surface area (Å²) < 4.78 is 0. The first-order chi connectivity index (χ1) is 7.61. The number of hydrogen-bond acceptors (Lipinski definition) is 1. The third-order valence-corrected chi connectivity index (χ3v) is 2.45. The van der Waals surface area contributed by atoms with E-state index >= 15 is 0 Å². The van der Waals surface area contributed by atoms with Gasteiger partial charge in [0.05, 0.1) is 0 Å². The van der Waals surface area contributed by atoms with Crippen LogP contribution in [0.4, 0.5) is 10.5 Å². The smallest absolute Gasteiger partial charge is 0.321 e. The Bertz CT molecular complexity index is 322. The number of carbonyl (C=O) groups excluding carboxylic acids is 1. The van der Waals surface area contributed by atoms with E-state index in [1.54, 1.807) is 11.9 Å². The molecule has 0 saturated carbocycles. The van der Waals surface area contributed by atoms with E-state index in [2.05, 4.69) is 19.2 Å². The van der Waals surface area contributed by atoms with E-state index in [4.69, 9.17) is 0 Å². The van der Waals surface area contributed by atoms with Gasteiger partial charge in [0, 0.05) is 19.3 Å². The summed E-state index contributed by atoms with van der Waals surface area (Å²) >= 11 is 0. The van der Waals surface area contributed by atoms with Gasteiger partial charge in [-0.25, -0.2) is 4.79 Å². The van der Waals surface area contributed by atoms with E-state index in [0.29, 0.717) is 5.92 Å². The Hall–Kier alpha value is -1.51. The molecular weight excluding hydrogens is 200 g/mol. The predicted molar refractivity (Wildman–Crippen MR) is 67.7 cm³/mol. The summed E-state index contributed by atoms with van der Waals surface area (Å²) in [6.07, 6.45) is 1.01. The molecule has 0 aliphatic rings. The van der Waals surface area contributed by atoms with Crippen molar-refractivity contribution >= 4 is 11.7 Å². The summed E-state index contributed by atoms with van der Waals surface area (Å²) in [5.41, 5.74) is 0.907. The van der Waals surface area contributed by atoms with Gasteiger partial charge in [-0.1, -0.05) is 32.0 Å². The fourth-order valence-electron chi connectivity index (χ4n) is 1.36. The molecule has 0 saturated heterocycles. The highest BCUT2D eigenvalue weighted by molar-refractivity contribution is 5.91. The Morgan fingerprint density at radius 3 is 2.50 bits per heavy atom. The SMILES string of the molecule is CC(C)CCNC(=O)N(C)c1ccccc1. The number of amides is 2. The second-order valence-corrected chi connectivity index (χ2v) is 4.31. The van der Waals surface area contributed by atoms with E-state index in [9.17, 15) is 4.79 Å². The number of urea groups is 1. The first-order valence-corrected chi connectivity index (χ1v) is 5.68. The Morgan fingerprint density at radius 2 is 1.94 bits per heavy atom. The maximum atomic E-state index is 11.7. The van der Waals surface area contributed by atoms with E-state index in [-0.39, 0.29) is 6.03 Å². The number of nitrogens with one attached hydrogen (secondary N) is 1.